The number of rotatable bonds is 58. The predicted octanol–water partition coefficient (Wildman–Crippen LogP) is 20.2. The first-order valence-electron chi connectivity index (χ1n) is 31.4. The average Bonchev–Trinajstić information content (AvgIpc) is 3.42. The summed E-state index contributed by atoms with van der Waals surface area (Å²) in [6, 6.07) is 0. The Morgan fingerprint density at radius 1 is 0.403 bits per heavy atom. The summed E-state index contributed by atoms with van der Waals surface area (Å²) >= 11 is 0. The fourth-order valence-corrected chi connectivity index (χ4v) is 9.30. The standard InChI is InChI=1S/C67H116NO8P/c1-3-5-7-9-11-13-15-17-19-21-23-24-25-26-27-28-29-30-31-32-33-34-35-36-37-38-39-40-42-44-46-48-50-52-54-56-58-60-67(70)76-65(64-75-77(71,72)74-62-61-68)63-73-66(69)59-57-55-53-51-49-47-45-43-41-22-20-18-16-14-12-10-8-6-4-2/h5,7,11-14,17-20,23-24,26-27,29-30,32-33,65H,3-4,6,8-10,15-16,21-22,25,28,31,34-64,68H2,1-2H3,(H,71,72)/b7-5-,13-11-,14-12-,19-17-,20-18-,24-23-,27-26-,30-29-,33-32-. The Balaban J connectivity index is 3.91. The molecule has 0 aromatic rings. The third kappa shape index (κ3) is 61.7. The fraction of sp³-hybridized carbons (Fsp3) is 0.701. The molecule has 0 aliphatic carbocycles. The van der Waals surface area contributed by atoms with Crippen molar-refractivity contribution in [1.29, 1.82) is 0 Å². The topological polar surface area (TPSA) is 134 Å². The summed E-state index contributed by atoms with van der Waals surface area (Å²) in [5, 5.41) is 0. The molecule has 10 heteroatoms. The molecule has 0 radical (unpaired) electrons. The van der Waals surface area contributed by atoms with E-state index in [1.165, 1.54) is 135 Å². The summed E-state index contributed by atoms with van der Waals surface area (Å²) in [6.07, 6.45) is 84.4. The second-order valence-corrected chi connectivity index (χ2v) is 22.0. The van der Waals surface area contributed by atoms with Crippen molar-refractivity contribution < 1.29 is 37.6 Å². The molecule has 0 aliphatic rings. The van der Waals surface area contributed by atoms with Gasteiger partial charge in [-0.25, -0.2) is 4.57 Å². The van der Waals surface area contributed by atoms with Gasteiger partial charge in [-0.3, -0.25) is 18.6 Å². The van der Waals surface area contributed by atoms with Crippen molar-refractivity contribution in [3.05, 3.63) is 109 Å². The van der Waals surface area contributed by atoms with E-state index in [-0.39, 0.29) is 38.6 Å². The number of ether oxygens (including phenoxy) is 2. The molecule has 0 bridgehead atoms. The van der Waals surface area contributed by atoms with Crippen molar-refractivity contribution in [2.75, 3.05) is 26.4 Å². The minimum absolute atomic E-state index is 0.0495. The molecule has 3 N–H and O–H groups in total. The van der Waals surface area contributed by atoms with E-state index in [0.29, 0.717) is 6.42 Å². The molecule has 2 unspecified atom stereocenters. The first-order chi connectivity index (χ1) is 37.8. The largest absolute Gasteiger partial charge is 0.472 e. The quantitative estimate of drug-likeness (QED) is 0.0264. The summed E-state index contributed by atoms with van der Waals surface area (Å²) in [6.45, 7) is 3.61. The van der Waals surface area contributed by atoms with Gasteiger partial charge in [0, 0.05) is 19.4 Å². The number of hydrogen-bond donors (Lipinski definition) is 2. The van der Waals surface area contributed by atoms with E-state index in [9.17, 15) is 19.0 Å². The number of carbonyl (C=O) groups is 2. The van der Waals surface area contributed by atoms with Gasteiger partial charge in [0.15, 0.2) is 6.10 Å². The van der Waals surface area contributed by atoms with Crippen molar-refractivity contribution >= 4 is 19.8 Å². The number of phosphoric ester groups is 1. The molecule has 0 heterocycles. The van der Waals surface area contributed by atoms with Gasteiger partial charge in [-0.05, 0) is 103 Å². The van der Waals surface area contributed by atoms with E-state index in [1.807, 2.05) is 0 Å². The number of allylic oxidation sites excluding steroid dienone is 18. The normalized spacial score (nSPS) is 13.8. The highest BCUT2D eigenvalue weighted by molar-refractivity contribution is 7.47. The lowest BCUT2D eigenvalue weighted by atomic mass is 10.0. The van der Waals surface area contributed by atoms with Crippen molar-refractivity contribution in [1.82, 2.24) is 0 Å². The Morgan fingerprint density at radius 3 is 1.06 bits per heavy atom. The SMILES string of the molecule is CC/C=C\C/C=C\C/C=C\C/C=C\C/C=C\C/C=C\C/C=C\CCCCCCCCCCCCCCCCCC(=O)OC(COC(=O)CCCCCCCCCCC/C=C\C/C=C\CCCCC)COP(=O)(O)OCCN. The molecule has 0 fully saturated rings. The Hall–Kier alpha value is -3.33. The van der Waals surface area contributed by atoms with Crippen LogP contribution in [0.2, 0.25) is 0 Å². The van der Waals surface area contributed by atoms with Crippen molar-refractivity contribution in [2.24, 2.45) is 5.73 Å². The van der Waals surface area contributed by atoms with Gasteiger partial charge in [-0.15, -0.1) is 0 Å². The molecular weight excluding hydrogens is 978 g/mol. The Labute approximate surface area is 473 Å². The van der Waals surface area contributed by atoms with Gasteiger partial charge in [0.2, 0.25) is 0 Å². The zero-order chi connectivity index (χ0) is 55.9. The summed E-state index contributed by atoms with van der Waals surface area (Å²) in [5.74, 6) is -0.830. The minimum atomic E-state index is -4.39. The monoisotopic (exact) mass is 1090 g/mol. The highest BCUT2D eigenvalue weighted by Crippen LogP contribution is 2.43. The lowest BCUT2D eigenvalue weighted by molar-refractivity contribution is -0.161. The number of carbonyl (C=O) groups excluding carboxylic acids is 2. The van der Waals surface area contributed by atoms with Gasteiger partial charge in [0.25, 0.3) is 0 Å². The maximum atomic E-state index is 12.7. The van der Waals surface area contributed by atoms with Gasteiger partial charge in [-0.2, -0.15) is 0 Å². The number of unbranched alkanes of at least 4 members (excludes halogenated alkanes) is 27. The molecule has 0 saturated carbocycles. The second-order valence-electron chi connectivity index (χ2n) is 20.5. The van der Waals surface area contributed by atoms with Crippen molar-refractivity contribution in [3.8, 4) is 0 Å². The van der Waals surface area contributed by atoms with Gasteiger partial charge in [-0.1, -0.05) is 264 Å². The molecule has 9 nitrogen and oxygen atoms in total. The van der Waals surface area contributed by atoms with E-state index in [1.54, 1.807) is 0 Å². The Morgan fingerprint density at radius 2 is 0.714 bits per heavy atom. The second kappa shape index (κ2) is 61.9. The van der Waals surface area contributed by atoms with E-state index < -0.39 is 26.5 Å². The van der Waals surface area contributed by atoms with Crippen LogP contribution in [0.3, 0.4) is 0 Å². The van der Waals surface area contributed by atoms with Crippen LogP contribution in [0.25, 0.3) is 0 Å². The smallest absolute Gasteiger partial charge is 0.462 e. The Kier molecular flexibility index (Phi) is 59.2. The summed E-state index contributed by atoms with van der Waals surface area (Å²) in [7, 11) is -4.39. The maximum absolute atomic E-state index is 12.7. The lowest BCUT2D eigenvalue weighted by Gasteiger charge is -2.19. The Bertz CT molecular complexity index is 1630. The predicted molar refractivity (Wildman–Crippen MR) is 330 cm³/mol. The first-order valence-corrected chi connectivity index (χ1v) is 32.9. The van der Waals surface area contributed by atoms with E-state index in [2.05, 4.69) is 123 Å². The van der Waals surface area contributed by atoms with Crippen LogP contribution in [0.1, 0.15) is 271 Å². The van der Waals surface area contributed by atoms with Crippen LogP contribution in [0, 0.1) is 0 Å². The third-order valence-corrected chi connectivity index (χ3v) is 14.1. The first kappa shape index (κ1) is 73.7. The van der Waals surface area contributed by atoms with Gasteiger partial charge >= 0.3 is 19.8 Å². The third-order valence-electron chi connectivity index (χ3n) is 13.1. The molecule has 0 rings (SSSR count). The molecule has 2 atom stereocenters. The van der Waals surface area contributed by atoms with Crippen molar-refractivity contribution in [3.63, 3.8) is 0 Å². The van der Waals surface area contributed by atoms with Crippen LogP contribution in [-0.4, -0.2) is 49.3 Å². The molecule has 0 aliphatic heterocycles. The number of nitrogens with two attached hydrogens (primary N) is 1. The lowest BCUT2D eigenvalue weighted by Crippen LogP contribution is -2.29. The van der Waals surface area contributed by atoms with Crippen LogP contribution in [0.15, 0.2) is 109 Å². The average molecular weight is 1090 g/mol. The molecular formula is C67H116NO8P. The molecule has 442 valence electrons. The molecule has 0 amide bonds. The molecule has 0 aromatic heterocycles. The van der Waals surface area contributed by atoms with Crippen LogP contribution in [-0.2, 0) is 32.7 Å². The molecule has 0 spiro atoms. The maximum Gasteiger partial charge on any atom is 0.472 e. The minimum Gasteiger partial charge on any atom is -0.462 e. The van der Waals surface area contributed by atoms with E-state index in [0.717, 1.165) is 103 Å². The zero-order valence-corrected chi connectivity index (χ0v) is 50.3. The zero-order valence-electron chi connectivity index (χ0n) is 49.4. The van der Waals surface area contributed by atoms with Crippen LogP contribution < -0.4 is 5.73 Å². The van der Waals surface area contributed by atoms with Crippen LogP contribution >= 0.6 is 7.82 Å². The van der Waals surface area contributed by atoms with Crippen LogP contribution in [0.4, 0.5) is 0 Å². The van der Waals surface area contributed by atoms with Gasteiger partial charge in [0.1, 0.15) is 6.61 Å². The molecule has 77 heavy (non-hydrogen) atoms. The highest BCUT2D eigenvalue weighted by atomic mass is 31.2. The van der Waals surface area contributed by atoms with Gasteiger partial charge < -0.3 is 20.1 Å². The molecule has 0 saturated heterocycles. The van der Waals surface area contributed by atoms with Gasteiger partial charge in [0.05, 0.1) is 13.2 Å². The van der Waals surface area contributed by atoms with Crippen molar-refractivity contribution in [2.45, 2.75) is 277 Å². The summed E-state index contributed by atoms with van der Waals surface area (Å²) in [5.41, 5.74) is 5.39. The van der Waals surface area contributed by atoms with E-state index in [4.69, 9.17) is 24.3 Å². The number of phosphoric acid groups is 1. The summed E-state index contributed by atoms with van der Waals surface area (Å²) in [4.78, 5) is 35.2. The summed E-state index contributed by atoms with van der Waals surface area (Å²) < 4.78 is 33.1. The number of esters is 2. The van der Waals surface area contributed by atoms with Crippen LogP contribution in [0.5, 0.6) is 0 Å². The number of hydrogen-bond acceptors (Lipinski definition) is 8. The molecule has 0 aromatic carbocycles. The fourth-order valence-electron chi connectivity index (χ4n) is 8.53. The highest BCUT2D eigenvalue weighted by Gasteiger charge is 2.26. The van der Waals surface area contributed by atoms with E-state index >= 15 is 0 Å².